The summed E-state index contributed by atoms with van der Waals surface area (Å²) in [7, 11) is 0. The van der Waals surface area contributed by atoms with Gasteiger partial charge in [-0.15, -0.1) is 0 Å². The Bertz CT molecular complexity index is 418. The topological polar surface area (TPSA) is 89.4 Å². The number of rotatable bonds is 1. The Hall–Kier alpha value is -2.06. The molecule has 0 heterocycles. The molecule has 72 valence electrons. The third-order valence-electron chi connectivity index (χ3n) is 1.54. The second kappa shape index (κ2) is 4.25. The normalized spacial score (nSPS) is 8.93. The number of para-hydroxylation sites is 1. The van der Waals surface area contributed by atoms with Gasteiger partial charge < -0.3 is 10.8 Å². The number of nitro benzene ring substituents is 1. The van der Waals surface area contributed by atoms with Crippen LogP contribution >= 0.6 is 0 Å². The van der Waals surface area contributed by atoms with E-state index in [9.17, 15) is 15.2 Å². The summed E-state index contributed by atoms with van der Waals surface area (Å²) < 4.78 is 0. The lowest BCUT2D eigenvalue weighted by Crippen LogP contribution is -1.94. The molecule has 0 aliphatic heterocycles. The van der Waals surface area contributed by atoms with E-state index in [1.807, 2.05) is 0 Å². The largest absolute Gasteiger partial charge is 0.501 e. The standard InChI is InChI=1S/C9H8N2O3/c10-6-2-4-7-3-1-5-8(9(7)12)11(13)14/h1,3,5,12H,6,10H2. The van der Waals surface area contributed by atoms with Gasteiger partial charge in [0, 0.05) is 6.07 Å². The van der Waals surface area contributed by atoms with Crippen LogP contribution < -0.4 is 5.73 Å². The zero-order valence-corrected chi connectivity index (χ0v) is 7.23. The van der Waals surface area contributed by atoms with Crippen LogP contribution in [0.15, 0.2) is 18.2 Å². The van der Waals surface area contributed by atoms with Crippen LogP contribution in [0.1, 0.15) is 5.56 Å². The Morgan fingerprint density at radius 3 is 2.86 bits per heavy atom. The molecule has 0 bridgehead atoms. The molecule has 0 unspecified atom stereocenters. The van der Waals surface area contributed by atoms with Crippen LogP contribution in [0.4, 0.5) is 5.69 Å². The number of aromatic hydroxyl groups is 1. The van der Waals surface area contributed by atoms with Crippen molar-refractivity contribution in [1.82, 2.24) is 0 Å². The predicted octanol–water partition coefficient (Wildman–Crippen LogP) is 0.611. The van der Waals surface area contributed by atoms with Gasteiger partial charge in [0.15, 0.2) is 0 Å². The van der Waals surface area contributed by atoms with Crippen molar-refractivity contribution in [3.63, 3.8) is 0 Å². The number of nitrogens with two attached hydrogens (primary N) is 1. The maximum atomic E-state index is 10.4. The molecule has 3 N–H and O–H groups in total. The third kappa shape index (κ3) is 2.00. The molecule has 5 heteroatoms. The highest BCUT2D eigenvalue weighted by Crippen LogP contribution is 2.28. The number of phenols is 1. The van der Waals surface area contributed by atoms with Crippen molar-refractivity contribution in [2.24, 2.45) is 5.73 Å². The number of nitro groups is 1. The number of phenolic OH excluding ortho intramolecular Hbond substituents is 1. The van der Waals surface area contributed by atoms with Gasteiger partial charge in [-0.3, -0.25) is 10.1 Å². The van der Waals surface area contributed by atoms with E-state index >= 15 is 0 Å². The van der Waals surface area contributed by atoms with E-state index in [1.165, 1.54) is 18.2 Å². The maximum Gasteiger partial charge on any atom is 0.312 e. The van der Waals surface area contributed by atoms with Gasteiger partial charge in [-0.1, -0.05) is 17.9 Å². The fourth-order valence-corrected chi connectivity index (χ4v) is 0.926. The minimum atomic E-state index is -0.664. The molecule has 0 radical (unpaired) electrons. The first kappa shape index (κ1) is 10.0. The van der Waals surface area contributed by atoms with Crippen LogP contribution in [-0.2, 0) is 0 Å². The Kier molecular flexibility index (Phi) is 3.05. The summed E-state index contributed by atoms with van der Waals surface area (Å²) in [5, 5.41) is 19.8. The molecule has 0 saturated carbocycles. The number of benzene rings is 1. The van der Waals surface area contributed by atoms with E-state index < -0.39 is 10.7 Å². The van der Waals surface area contributed by atoms with Gasteiger partial charge >= 0.3 is 5.69 Å². The van der Waals surface area contributed by atoms with Gasteiger partial charge in [0.2, 0.25) is 5.75 Å². The van der Waals surface area contributed by atoms with Crippen LogP contribution in [0.2, 0.25) is 0 Å². The summed E-state index contributed by atoms with van der Waals surface area (Å²) in [6.45, 7) is 0.141. The first-order valence-corrected chi connectivity index (χ1v) is 3.82. The van der Waals surface area contributed by atoms with Crippen LogP contribution in [0.3, 0.4) is 0 Å². The molecular formula is C9H8N2O3. The molecule has 1 aromatic rings. The van der Waals surface area contributed by atoms with Crippen LogP contribution in [0, 0.1) is 22.0 Å². The van der Waals surface area contributed by atoms with Crippen molar-refractivity contribution in [2.75, 3.05) is 6.54 Å². The lowest BCUT2D eigenvalue weighted by molar-refractivity contribution is -0.385. The molecule has 0 saturated heterocycles. The van der Waals surface area contributed by atoms with E-state index in [1.54, 1.807) is 0 Å². The third-order valence-corrected chi connectivity index (χ3v) is 1.54. The molecule has 1 rings (SSSR count). The highest BCUT2D eigenvalue weighted by Gasteiger charge is 2.14. The number of nitrogens with zero attached hydrogens (tertiary/aromatic N) is 1. The average Bonchev–Trinajstić information content (AvgIpc) is 2.16. The van der Waals surface area contributed by atoms with E-state index in [0.29, 0.717) is 0 Å². The van der Waals surface area contributed by atoms with Gasteiger partial charge in [0.25, 0.3) is 0 Å². The SMILES string of the molecule is NCC#Cc1cccc([N+](=O)[O-])c1O. The summed E-state index contributed by atoms with van der Waals surface area (Å²) >= 11 is 0. The van der Waals surface area contributed by atoms with Crippen molar-refractivity contribution >= 4 is 5.69 Å². The quantitative estimate of drug-likeness (QED) is 0.387. The fraction of sp³-hybridized carbons (Fsp3) is 0.111. The van der Waals surface area contributed by atoms with E-state index in [-0.39, 0.29) is 17.8 Å². The average molecular weight is 192 g/mol. The zero-order valence-electron chi connectivity index (χ0n) is 7.23. The lowest BCUT2D eigenvalue weighted by atomic mass is 10.2. The van der Waals surface area contributed by atoms with Gasteiger partial charge in [-0.05, 0) is 6.07 Å². The highest BCUT2D eigenvalue weighted by molar-refractivity contribution is 5.56. The van der Waals surface area contributed by atoms with Gasteiger partial charge in [0.05, 0.1) is 17.0 Å². The molecule has 0 amide bonds. The molecule has 5 nitrogen and oxygen atoms in total. The molecule has 0 spiro atoms. The molecule has 0 aliphatic rings. The summed E-state index contributed by atoms with van der Waals surface area (Å²) in [6.07, 6.45) is 0. The number of hydrogen-bond donors (Lipinski definition) is 2. The first-order chi connectivity index (χ1) is 6.66. The second-order valence-corrected chi connectivity index (χ2v) is 2.44. The highest BCUT2D eigenvalue weighted by atomic mass is 16.6. The molecule has 1 aromatic carbocycles. The van der Waals surface area contributed by atoms with Crippen LogP contribution in [-0.4, -0.2) is 16.6 Å². The zero-order chi connectivity index (χ0) is 10.6. The van der Waals surface area contributed by atoms with Crippen molar-refractivity contribution in [1.29, 1.82) is 0 Å². The summed E-state index contributed by atoms with van der Waals surface area (Å²) in [4.78, 5) is 9.76. The van der Waals surface area contributed by atoms with Crippen molar-refractivity contribution < 1.29 is 10.0 Å². The molecule has 0 aliphatic carbocycles. The van der Waals surface area contributed by atoms with Gasteiger partial charge in [0.1, 0.15) is 0 Å². The molecular weight excluding hydrogens is 184 g/mol. The van der Waals surface area contributed by atoms with E-state index in [2.05, 4.69) is 11.8 Å². The van der Waals surface area contributed by atoms with Gasteiger partial charge in [-0.2, -0.15) is 0 Å². The summed E-state index contributed by atoms with van der Waals surface area (Å²) in [5.74, 6) is 4.63. The van der Waals surface area contributed by atoms with Crippen LogP contribution in [0.25, 0.3) is 0 Å². The minimum absolute atomic E-state index is 0.141. The van der Waals surface area contributed by atoms with Crippen molar-refractivity contribution in [3.8, 4) is 17.6 Å². The maximum absolute atomic E-state index is 10.4. The monoisotopic (exact) mass is 192 g/mol. The fourth-order valence-electron chi connectivity index (χ4n) is 0.926. The van der Waals surface area contributed by atoms with E-state index in [4.69, 9.17) is 5.73 Å². The van der Waals surface area contributed by atoms with Crippen LogP contribution in [0.5, 0.6) is 5.75 Å². The molecule has 0 atom stereocenters. The lowest BCUT2D eigenvalue weighted by Gasteiger charge is -1.97. The van der Waals surface area contributed by atoms with Crippen molar-refractivity contribution in [3.05, 3.63) is 33.9 Å². The van der Waals surface area contributed by atoms with Gasteiger partial charge in [-0.25, -0.2) is 0 Å². The molecule has 0 fully saturated rings. The first-order valence-electron chi connectivity index (χ1n) is 3.82. The van der Waals surface area contributed by atoms with Crippen molar-refractivity contribution in [2.45, 2.75) is 0 Å². The molecule has 14 heavy (non-hydrogen) atoms. The Morgan fingerprint density at radius 1 is 1.57 bits per heavy atom. The Balaban J connectivity index is 3.20. The summed E-state index contributed by atoms with van der Waals surface area (Å²) in [6, 6.07) is 4.16. The Morgan fingerprint density at radius 2 is 2.29 bits per heavy atom. The summed E-state index contributed by atoms with van der Waals surface area (Å²) in [5.41, 5.74) is 4.99. The number of hydrogen-bond acceptors (Lipinski definition) is 4. The Labute approximate surface area is 80.3 Å². The predicted molar refractivity (Wildman–Crippen MR) is 50.7 cm³/mol. The second-order valence-electron chi connectivity index (χ2n) is 2.44. The molecule has 0 aromatic heterocycles. The smallest absolute Gasteiger partial charge is 0.312 e. The van der Waals surface area contributed by atoms with E-state index in [0.717, 1.165) is 0 Å². The minimum Gasteiger partial charge on any atom is -0.501 e.